The Hall–Kier alpha value is 0.180. The van der Waals surface area contributed by atoms with Crippen LogP contribution in [-0.4, -0.2) is 89.8 Å². The zero-order valence-electron chi connectivity index (χ0n) is 15.4. The van der Waals surface area contributed by atoms with Crippen molar-refractivity contribution in [1.29, 1.82) is 0 Å². The average molecular weight is 432 g/mol. The molecule has 9 atom stereocenters. The van der Waals surface area contributed by atoms with Crippen molar-refractivity contribution in [3.8, 4) is 0 Å². The van der Waals surface area contributed by atoms with Crippen molar-refractivity contribution >= 4 is 18.2 Å². The van der Waals surface area contributed by atoms with Crippen LogP contribution >= 0.6 is 18.2 Å². The number of aliphatic hydroxyl groups excluding tert-OH is 2. The minimum Gasteiger partial charge on any atom is -0.386 e. The lowest BCUT2D eigenvalue weighted by Gasteiger charge is -2.25. The topological polar surface area (TPSA) is 176 Å². The van der Waals surface area contributed by atoms with Crippen LogP contribution in [0, 0.1) is 0 Å². The van der Waals surface area contributed by atoms with Crippen LogP contribution in [-0.2, 0) is 28.0 Å². The van der Waals surface area contributed by atoms with E-state index < -0.39 is 55.9 Å². The van der Waals surface area contributed by atoms with Gasteiger partial charge in [-0.15, -0.1) is 0 Å². The molecule has 0 radical (unpaired) electrons. The van der Waals surface area contributed by atoms with Crippen LogP contribution in [0.2, 0.25) is 0 Å². The Kier molecular flexibility index (Phi) is 8.50. The summed E-state index contributed by atoms with van der Waals surface area (Å²) in [4.78, 5) is 10.2. The molecule has 2 heterocycles. The third kappa shape index (κ3) is 6.08. The molecule has 2 aliphatic heterocycles. The number of methoxy groups -OCH3 is 1. The quantitative estimate of drug-likeness (QED) is 0.274. The van der Waals surface area contributed by atoms with Crippen molar-refractivity contribution in [2.24, 2.45) is 11.5 Å². The molecule has 7 N–H and O–H groups in total. The number of hydrogen-bond donors (Lipinski definition) is 5. The Morgan fingerprint density at radius 1 is 1.11 bits per heavy atom. The van der Waals surface area contributed by atoms with Crippen LogP contribution in [0.1, 0.15) is 13.8 Å². The lowest BCUT2D eigenvalue weighted by molar-refractivity contribution is -0.0603. The van der Waals surface area contributed by atoms with E-state index >= 15 is 0 Å². The molecule has 0 aromatic heterocycles. The lowest BCUT2D eigenvalue weighted by atomic mass is 10.1. The molecule has 2 fully saturated rings. The molecule has 0 aromatic rings. The number of ether oxygens (including phenoxy) is 4. The van der Waals surface area contributed by atoms with Crippen molar-refractivity contribution in [3.05, 3.63) is 0 Å². The summed E-state index contributed by atoms with van der Waals surface area (Å²) in [5.41, 5.74) is 11.3. The van der Waals surface area contributed by atoms with E-state index in [1.807, 2.05) is 0 Å². The van der Waals surface area contributed by atoms with Crippen molar-refractivity contribution in [2.45, 2.75) is 69.0 Å². The molecule has 0 bridgehead atoms. The second kappa shape index (κ2) is 9.79. The van der Waals surface area contributed by atoms with Crippen molar-refractivity contribution in [2.75, 3.05) is 19.5 Å². The van der Waals surface area contributed by atoms with Crippen molar-refractivity contribution in [3.63, 3.8) is 0 Å². The van der Waals surface area contributed by atoms with Crippen molar-refractivity contribution < 1.29 is 43.1 Å². The van der Waals surface area contributed by atoms with Gasteiger partial charge < -0.3 is 45.5 Å². The highest BCUT2D eigenvalue weighted by molar-refractivity contribution is 8.54. The van der Waals surface area contributed by atoms with Crippen LogP contribution in [0.5, 0.6) is 0 Å². The molecule has 2 saturated heterocycles. The van der Waals surface area contributed by atoms with Gasteiger partial charge in [-0.3, -0.25) is 4.52 Å². The molecule has 2 aliphatic rings. The fourth-order valence-corrected chi connectivity index (χ4v) is 5.65. The molecular formula is C14H29N2O9PS. The Balaban J connectivity index is 1.96. The fraction of sp³-hybridized carbons (Fsp3) is 1.00. The summed E-state index contributed by atoms with van der Waals surface area (Å²) >= 11 is 0.590. The first-order valence-electron chi connectivity index (χ1n) is 8.54. The van der Waals surface area contributed by atoms with Gasteiger partial charge in [0, 0.05) is 12.9 Å². The van der Waals surface area contributed by atoms with Crippen molar-refractivity contribution in [1.82, 2.24) is 0 Å². The van der Waals surface area contributed by atoms with Gasteiger partial charge in [-0.05, 0) is 25.2 Å². The predicted molar refractivity (Wildman–Crippen MR) is 96.8 cm³/mol. The normalized spacial score (nSPS) is 42.0. The maximum Gasteiger partial charge on any atom is 0.387 e. The third-order valence-corrected chi connectivity index (χ3v) is 7.16. The smallest absolute Gasteiger partial charge is 0.386 e. The van der Waals surface area contributed by atoms with Gasteiger partial charge in [0.05, 0.1) is 18.8 Å². The first-order valence-corrected chi connectivity index (χ1v) is 11.7. The second-order valence-corrected chi connectivity index (χ2v) is 10.6. The summed E-state index contributed by atoms with van der Waals surface area (Å²) in [6, 6.07) is 0. The van der Waals surface area contributed by atoms with Crippen LogP contribution in [0.25, 0.3) is 0 Å². The van der Waals surface area contributed by atoms with Gasteiger partial charge >= 0.3 is 6.80 Å². The van der Waals surface area contributed by atoms with E-state index in [0.29, 0.717) is 11.4 Å². The van der Waals surface area contributed by atoms with Gasteiger partial charge in [-0.1, -0.05) is 0 Å². The van der Waals surface area contributed by atoms with E-state index in [9.17, 15) is 19.7 Å². The van der Waals surface area contributed by atoms with E-state index in [2.05, 4.69) is 0 Å². The minimum atomic E-state index is -4.21. The maximum absolute atomic E-state index is 12.5. The van der Waals surface area contributed by atoms with Gasteiger partial charge in [0.2, 0.25) is 0 Å². The molecule has 13 heteroatoms. The highest BCUT2D eigenvalue weighted by atomic mass is 32.7. The van der Waals surface area contributed by atoms with Crippen LogP contribution in [0.4, 0.5) is 0 Å². The Morgan fingerprint density at radius 3 is 2.22 bits per heavy atom. The zero-order chi connectivity index (χ0) is 20.4. The molecule has 0 aliphatic carbocycles. The first kappa shape index (κ1) is 23.5. The highest BCUT2D eigenvalue weighted by Crippen LogP contribution is 2.58. The van der Waals surface area contributed by atoms with Gasteiger partial charge in [-0.2, -0.15) is 0 Å². The summed E-state index contributed by atoms with van der Waals surface area (Å²) in [7, 11) is 1.42. The molecule has 27 heavy (non-hydrogen) atoms. The Labute approximate surface area is 161 Å². The van der Waals surface area contributed by atoms with Crippen LogP contribution in [0.3, 0.4) is 0 Å². The minimum absolute atomic E-state index is 0.0133. The van der Waals surface area contributed by atoms with E-state index in [-0.39, 0.29) is 18.5 Å². The molecular weight excluding hydrogens is 403 g/mol. The summed E-state index contributed by atoms with van der Waals surface area (Å²) in [5, 5.41) is 20.1. The maximum atomic E-state index is 12.5. The third-order valence-electron chi connectivity index (χ3n) is 4.16. The SMILES string of the molecule is COC[C@H]1O[C@@H](N)C(O)C1OP(=O)(O)SC[C@H]1O[C@@H](N)C(O)C1OC(C)C. The molecule has 5 unspecified atom stereocenters. The van der Waals surface area contributed by atoms with Gasteiger partial charge in [-0.25, -0.2) is 4.57 Å². The lowest BCUT2D eigenvalue weighted by Crippen LogP contribution is -2.40. The van der Waals surface area contributed by atoms with E-state index in [1.165, 1.54) is 7.11 Å². The molecule has 11 nitrogen and oxygen atoms in total. The van der Waals surface area contributed by atoms with Crippen LogP contribution < -0.4 is 11.5 Å². The molecule has 0 amide bonds. The van der Waals surface area contributed by atoms with Gasteiger partial charge in [0.25, 0.3) is 0 Å². The summed E-state index contributed by atoms with van der Waals surface area (Å²) in [5.74, 6) is -0.0133. The summed E-state index contributed by atoms with van der Waals surface area (Å²) in [6.07, 6.45) is -7.85. The molecule has 0 saturated carbocycles. The summed E-state index contributed by atoms with van der Waals surface area (Å²) < 4.78 is 39.0. The van der Waals surface area contributed by atoms with E-state index in [0.717, 1.165) is 0 Å². The molecule has 160 valence electrons. The highest BCUT2D eigenvalue weighted by Gasteiger charge is 2.48. The Morgan fingerprint density at radius 2 is 1.67 bits per heavy atom. The molecule has 2 rings (SSSR count). The number of hydrogen-bond acceptors (Lipinski definition) is 11. The van der Waals surface area contributed by atoms with Gasteiger partial charge in [0.1, 0.15) is 43.0 Å². The van der Waals surface area contributed by atoms with E-state index in [4.69, 9.17) is 34.9 Å². The first-order chi connectivity index (χ1) is 12.6. The monoisotopic (exact) mass is 432 g/mol. The fourth-order valence-electron chi connectivity index (χ4n) is 2.93. The Bertz CT molecular complexity index is 531. The number of aliphatic hydroxyl groups is 2. The van der Waals surface area contributed by atoms with E-state index in [1.54, 1.807) is 13.8 Å². The largest absolute Gasteiger partial charge is 0.387 e. The molecule has 0 aromatic carbocycles. The molecule has 0 spiro atoms. The number of nitrogens with two attached hydrogens (primary N) is 2. The standard InChI is InChI=1S/C14H29N2O9PS/c1-6(2)22-11-8(24-13(15)9(11)17)5-27-26(19,20)25-12-7(4-21-3)23-14(16)10(12)18/h6-14,17-18H,4-5,15-16H2,1-3H3,(H,19,20)/t7-,8-,9?,10?,11?,12?,13-,14-/m1/s1. The summed E-state index contributed by atoms with van der Waals surface area (Å²) in [6.45, 7) is -0.587. The predicted octanol–water partition coefficient (Wildman–Crippen LogP) is -1.27. The average Bonchev–Trinajstić information content (AvgIpc) is 2.98. The van der Waals surface area contributed by atoms with Gasteiger partial charge in [0.15, 0.2) is 0 Å². The van der Waals surface area contributed by atoms with Crippen LogP contribution in [0.15, 0.2) is 0 Å². The zero-order valence-corrected chi connectivity index (χ0v) is 17.1. The second-order valence-electron chi connectivity index (χ2n) is 6.70. The number of rotatable bonds is 9.